The van der Waals surface area contributed by atoms with Crippen LogP contribution in [0.4, 0.5) is 28.4 Å². The monoisotopic (exact) mass is 848 g/mol. The van der Waals surface area contributed by atoms with Crippen LogP contribution >= 0.6 is 12.0 Å². The molecule has 28 heteroatoms. The number of carboxylic acid groups (broad SMARTS) is 1. The molecule has 0 saturated heterocycles. The van der Waals surface area contributed by atoms with Gasteiger partial charge in [0.25, 0.3) is 16.1 Å². The first-order chi connectivity index (χ1) is 24.8. The Morgan fingerprint density at radius 2 is 1.43 bits per heavy atom. The van der Waals surface area contributed by atoms with E-state index in [1.165, 1.54) is 61.6 Å². The molecular weight excluding hydrogens is 817 g/mol. The fraction of sp³-hybridized carbons (Fsp3) is 0.240. The van der Waals surface area contributed by atoms with Gasteiger partial charge in [-0.05, 0) is 67.7 Å². The van der Waals surface area contributed by atoms with E-state index in [1.807, 2.05) is 0 Å². The summed E-state index contributed by atoms with van der Waals surface area (Å²) in [5.74, 6) is -1.78. The molecule has 23 nitrogen and oxygen atoms in total. The number of nitrogen functional groups attached to an aromatic ring is 1. The number of carbonyl (C=O) groups is 1. The van der Waals surface area contributed by atoms with Crippen molar-refractivity contribution in [2.45, 2.75) is 21.6 Å². The molecule has 0 spiro atoms. The van der Waals surface area contributed by atoms with Crippen molar-refractivity contribution >= 4 is 87.9 Å². The van der Waals surface area contributed by atoms with Crippen LogP contribution < -0.4 is 11.5 Å². The first kappa shape index (κ1) is 47.1. The van der Waals surface area contributed by atoms with Crippen molar-refractivity contribution in [1.82, 2.24) is 0 Å². The van der Waals surface area contributed by atoms with E-state index in [1.54, 1.807) is 0 Å². The van der Waals surface area contributed by atoms with Gasteiger partial charge < -0.3 is 16.6 Å². The zero-order valence-corrected chi connectivity index (χ0v) is 31.3. The molecular formula is C25H32N6O17S5. The van der Waals surface area contributed by atoms with Gasteiger partial charge in [-0.15, -0.1) is 14.6 Å². The third kappa shape index (κ3) is 19.1. The minimum Gasteiger partial charge on any atom is -0.481 e. The van der Waals surface area contributed by atoms with Crippen LogP contribution in [-0.4, -0.2) is 86.7 Å². The van der Waals surface area contributed by atoms with E-state index >= 15 is 0 Å². The SMILES string of the molecule is CC(=O)O.CN.Nc1ccc(N=Nc2ccc(SOOCCS(=O)OOO)cc2S(=O)(=O)O)cc1N=Nc1ccc(S(=O)(=O)CCOS(=O)(=O)O)cc1. The summed E-state index contributed by atoms with van der Waals surface area (Å²) in [4.78, 5) is 13.1. The first-order valence-electron chi connectivity index (χ1n) is 13.7. The minimum absolute atomic E-state index is 0.124. The van der Waals surface area contributed by atoms with Gasteiger partial charge in [-0.2, -0.15) is 31.4 Å². The summed E-state index contributed by atoms with van der Waals surface area (Å²) in [5, 5.41) is 34.6. The summed E-state index contributed by atoms with van der Waals surface area (Å²) in [6.45, 7) is 0.0506. The van der Waals surface area contributed by atoms with Crippen LogP contribution in [0.25, 0.3) is 0 Å². The standard InChI is InChI=1S/C22H23N5O15S5.C2H4O2.CH5N/c23-19-7-3-16(13-21(19)27-24-15-1-5-18(6-2-15)45(30,31)12-10-39-47(35,36)37)25-26-20-8-4-17(14-22(20)46(32,33)34)43-41-38-9-11-44(29)42-40-28;1-2(3)4;1-2/h1-8,13-14,28H,9-12,23H2,(H,32,33,34)(H,35,36,37);1H3,(H,3,4);2H2,1H3. The molecule has 294 valence electrons. The van der Waals surface area contributed by atoms with E-state index in [9.17, 15) is 34.0 Å². The topological polar surface area (TPSA) is 365 Å². The van der Waals surface area contributed by atoms with E-state index in [2.05, 4.69) is 39.7 Å². The zero-order chi connectivity index (χ0) is 40.2. The largest absolute Gasteiger partial charge is 0.481 e. The average Bonchev–Trinajstić information content (AvgIpc) is 3.07. The lowest BCUT2D eigenvalue weighted by Gasteiger charge is -2.06. The molecule has 0 radical (unpaired) electrons. The smallest absolute Gasteiger partial charge is 0.397 e. The lowest BCUT2D eigenvalue weighted by molar-refractivity contribution is -0.435. The van der Waals surface area contributed by atoms with Crippen LogP contribution in [0.2, 0.25) is 0 Å². The molecule has 3 rings (SSSR count). The number of aliphatic carboxylic acids is 1. The maximum absolute atomic E-state index is 12.3. The van der Waals surface area contributed by atoms with E-state index in [-0.39, 0.29) is 50.6 Å². The number of benzene rings is 3. The van der Waals surface area contributed by atoms with Gasteiger partial charge in [-0.25, -0.2) is 27.0 Å². The second-order valence-electron chi connectivity index (χ2n) is 8.95. The highest BCUT2D eigenvalue weighted by atomic mass is 32.3. The molecule has 0 bridgehead atoms. The van der Waals surface area contributed by atoms with Crippen molar-refractivity contribution in [3.05, 3.63) is 60.7 Å². The number of hydrogen-bond donors (Lipinski definition) is 6. The Morgan fingerprint density at radius 3 is 2.02 bits per heavy atom. The lowest BCUT2D eigenvalue weighted by Crippen LogP contribution is -2.15. The summed E-state index contributed by atoms with van der Waals surface area (Å²) < 4.78 is 112. The Balaban J connectivity index is 0.00000219. The number of anilines is 1. The molecule has 0 amide bonds. The van der Waals surface area contributed by atoms with Crippen LogP contribution in [0.1, 0.15) is 6.92 Å². The molecule has 1 unspecified atom stereocenters. The van der Waals surface area contributed by atoms with E-state index in [0.717, 1.165) is 13.0 Å². The van der Waals surface area contributed by atoms with Gasteiger partial charge in [-0.1, -0.05) is 5.04 Å². The maximum Gasteiger partial charge on any atom is 0.397 e. The van der Waals surface area contributed by atoms with Gasteiger partial charge in [0, 0.05) is 11.8 Å². The Bertz CT molecular complexity index is 2060. The average molecular weight is 849 g/mol. The number of carboxylic acids is 1. The van der Waals surface area contributed by atoms with E-state index in [4.69, 9.17) is 34.7 Å². The Hall–Kier alpha value is -3.88. The molecule has 0 aromatic heterocycles. The van der Waals surface area contributed by atoms with Crippen LogP contribution in [0, 0.1) is 0 Å². The van der Waals surface area contributed by atoms with Gasteiger partial charge in [0.05, 0.1) is 58.7 Å². The molecule has 0 heterocycles. The summed E-state index contributed by atoms with van der Waals surface area (Å²) in [6.07, 6.45) is 0. The lowest BCUT2D eigenvalue weighted by atomic mass is 10.2. The Labute approximate surface area is 309 Å². The second-order valence-corrected chi connectivity index (χ2v) is 15.5. The fourth-order valence-corrected chi connectivity index (χ4v) is 6.13. The molecule has 0 aliphatic rings. The number of nitrogens with zero attached hydrogens (tertiary/aromatic N) is 4. The van der Waals surface area contributed by atoms with Crippen molar-refractivity contribution in [1.29, 1.82) is 0 Å². The highest BCUT2D eigenvalue weighted by Gasteiger charge is 2.18. The fourth-order valence-electron chi connectivity index (χ4n) is 3.09. The van der Waals surface area contributed by atoms with Crippen molar-refractivity contribution in [3.8, 4) is 0 Å². The number of hydrogen-bond acceptors (Lipinski definition) is 21. The predicted octanol–water partition coefficient (Wildman–Crippen LogP) is 3.65. The third-order valence-electron chi connectivity index (χ3n) is 5.17. The molecule has 1 atom stereocenters. The van der Waals surface area contributed by atoms with Gasteiger partial charge in [0.1, 0.15) is 16.3 Å². The first-order valence-corrected chi connectivity index (χ1v) is 20.1. The quantitative estimate of drug-likeness (QED) is 0.0202. The van der Waals surface area contributed by atoms with Gasteiger partial charge in [-0.3, -0.25) is 13.9 Å². The Morgan fingerprint density at radius 1 is 0.849 bits per heavy atom. The molecule has 3 aromatic carbocycles. The third-order valence-corrected chi connectivity index (χ3v) is 9.53. The summed E-state index contributed by atoms with van der Waals surface area (Å²) in [6, 6.07) is 12.9. The van der Waals surface area contributed by atoms with Crippen LogP contribution in [0.15, 0.2) is 95.8 Å². The molecule has 0 aliphatic carbocycles. The highest BCUT2D eigenvalue weighted by Crippen LogP contribution is 2.34. The normalized spacial score (nSPS) is 12.5. The molecule has 3 aromatic rings. The Kier molecular flexibility index (Phi) is 20.5. The van der Waals surface area contributed by atoms with Crippen LogP contribution in [-0.2, 0) is 69.0 Å². The minimum atomic E-state index is -4.79. The van der Waals surface area contributed by atoms with E-state index in [0.29, 0.717) is 12.0 Å². The van der Waals surface area contributed by atoms with Gasteiger partial charge >= 0.3 is 10.4 Å². The van der Waals surface area contributed by atoms with Crippen molar-refractivity contribution in [2.24, 2.45) is 26.2 Å². The van der Waals surface area contributed by atoms with Crippen LogP contribution in [0.3, 0.4) is 0 Å². The van der Waals surface area contributed by atoms with E-state index < -0.39 is 64.7 Å². The van der Waals surface area contributed by atoms with Crippen molar-refractivity contribution in [3.63, 3.8) is 0 Å². The number of sulfone groups is 1. The molecule has 0 aliphatic heterocycles. The molecule has 0 saturated carbocycles. The zero-order valence-electron chi connectivity index (χ0n) is 27.2. The molecule has 8 N–H and O–H groups in total. The van der Waals surface area contributed by atoms with Crippen molar-refractivity contribution in [2.75, 3.05) is 37.5 Å². The number of rotatable bonds is 18. The number of azo groups is 2. The summed E-state index contributed by atoms with van der Waals surface area (Å²) in [7, 11) is -12.0. The summed E-state index contributed by atoms with van der Waals surface area (Å²) in [5.41, 5.74) is 10.9. The molecule has 0 fully saturated rings. The number of nitrogens with two attached hydrogens (primary N) is 2. The highest BCUT2D eigenvalue weighted by molar-refractivity contribution is 7.94. The maximum atomic E-state index is 12.3. The van der Waals surface area contributed by atoms with Crippen LogP contribution in [0.5, 0.6) is 0 Å². The molecule has 53 heavy (non-hydrogen) atoms. The second kappa shape index (κ2) is 23.0. The van der Waals surface area contributed by atoms with Crippen molar-refractivity contribution < 1.29 is 76.5 Å². The summed E-state index contributed by atoms with van der Waals surface area (Å²) >= 11 is -1.44. The van der Waals surface area contributed by atoms with Gasteiger partial charge in [0.2, 0.25) is 0 Å². The predicted molar refractivity (Wildman–Crippen MR) is 186 cm³/mol. The van der Waals surface area contributed by atoms with Gasteiger partial charge in [0.15, 0.2) is 20.9 Å².